The third-order valence-corrected chi connectivity index (χ3v) is 7.02. The second kappa shape index (κ2) is 16.4. The smallest absolute Gasteiger partial charge is 0.282 e. The van der Waals surface area contributed by atoms with Crippen LogP contribution in [-0.2, 0) is 37.5 Å². The van der Waals surface area contributed by atoms with Gasteiger partial charge in [-0.1, -0.05) is 43.8 Å². The zero-order valence-electron chi connectivity index (χ0n) is 23.7. The number of H-pyrrole nitrogens is 1. The molecule has 4 aromatic rings. The Hall–Kier alpha value is -3.32. The number of benzene rings is 1. The fraction of sp³-hybridized carbons (Fsp3) is 0.276. The number of hydrogen-bond acceptors (Lipinski definition) is 8. The molecular weight excluding hydrogens is 633 g/mol. The first-order valence-corrected chi connectivity index (χ1v) is 13.8. The van der Waals surface area contributed by atoms with Crippen molar-refractivity contribution >= 4 is 45.7 Å². The van der Waals surface area contributed by atoms with Crippen LogP contribution in [0.25, 0.3) is 21.6 Å². The van der Waals surface area contributed by atoms with Gasteiger partial charge < -0.3 is 32.6 Å². The second-order valence-electron chi connectivity index (χ2n) is 8.50. The molecule has 5 rings (SSSR count). The number of thiazole rings is 1. The van der Waals surface area contributed by atoms with Crippen LogP contribution in [0.4, 0.5) is 0 Å². The van der Waals surface area contributed by atoms with Crippen LogP contribution in [0.5, 0.6) is 0 Å². The monoisotopic (exact) mass is 665 g/mol. The quantitative estimate of drug-likeness (QED) is 0.156. The molecule has 11 nitrogen and oxygen atoms in total. The average molecular weight is 666 g/mol. The molecule has 1 aliphatic rings. The maximum atomic E-state index is 13.2. The van der Waals surface area contributed by atoms with Crippen molar-refractivity contribution in [3.05, 3.63) is 78.4 Å². The van der Waals surface area contributed by atoms with E-state index in [0.717, 1.165) is 0 Å². The van der Waals surface area contributed by atoms with Gasteiger partial charge in [-0.05, 0) is 23.8 Å². The Bertz CT molecular complexity index is 1520. The van der Waals surface area contributed by atoms with E-state index in [1.54, 1.807) is 34.5 Å². The number of hydrogen-bond donors (Lipinski definition) is 3. The summed E-state index contributed by atoms with van der Waals surface area (Å²) in [5, 5.41) is 13.9. The summed E-state index contributed by atoms with van der Waals surface area (Å²) in [6.45, 7) is 5.10. The molecule has 0 saturated carbocycles. The van der Waals surface area contributed by atoms with Crippen molar-refractivity contribution in [2.75, 3.05) is 39.3 Å². The van der Waals surface area contributed by atoms with Gasteiger partial charge in [-0.2, -0.15) is 11.5 Å². The first kappa shape index (κ1) is 34.9. The Morgan fingerprint density at radius 1 is 1.07 bits per heavy atom. The van der Waals surface area contributed by atoms with E-state index >= 15 is 0 Å². The molecule has 3 aromatic heterocycles. The zero-order valence-corrected chi connectivity index (χ0v) is 27.4. The van der Waals surface area contributed by atoms with Crippen molar-refractivity contribution in [1.82, 2.24) is 30.1 Å². The van der Waals surface area contributed by atoms with Crippen molar-refractivity contribution in [2.45, 2.75) is 13.8 Å². The SMILES string of the molecule is CC.O=C(NCCO)c1csc(-c2nc[c-]c3c(C(=O)C(=O)N4CCN(C(=O)c5ccccc5)CC4)c[nH]c23)n1.[CH3-].[Y]. The second-order valence-corrected chi connectivity index (χ2v) is 9.36. The summed E-state index contributed by atoms with van der Waals surface area (Å²) in [5.41, 5.74) is 1.82. The summed E-state index contributed by atoms with van der Waals surface area (Å²) in [6.07, 6.45) is 2.85. The van der Waals surface area contributed by atoms with Crippen LogP contribution in [0.15, 0.2) is 48.1 Å². The number of aliphatic hydroxyl groups excluding tert-OH is 1. The Morgan fingerprint density at radius 3 is 2.40 bits per heavy atom. The van der Waals surface area contributed by atoms with E-state index in [1.165, 1.54) is 28.6 Å². The molecule has 1 aliphatic heterocycles. The van der Waals surface area contributed by atoms with Gasteiger partial charge in [0, 0.05) is 76.4 Å². The normalized spacial score (nSPS) is 12.4. The van der Waals surface area contributed by atoms with E-state index in [0.29, 0.717) is 40.3 Å². The largest absolute Gasteiger partial charge is 0.421 e. The van der Waals surface area contributed by atoms with Gasteiger partial charge in [0.15, 0.2) is 5.78 Å². The third kappa shape index (κ3) is 7.54. The summed E-state index contributed by atoms with van der Waals surface area (Å²) in [4.78, 5) is 65.8. The maximum absolute atomic E-state index is 13.2. The van der Waals surface area contributed by atoms with Gasteiger partial charge in [-0.3, -0.25) is 24.2 Å². The van der Waals surface area contributed by atoms with E-state index in [2.05, 4.69) is 26.3 Å². The Labute approximate surface area is 273 Å². The number of pyridine rings is 1. The number of aromatic nitrogens is 3. The van der Waals surface area contributed by atoms with E-state index in [1.807, 2.05) is 19.9 Å². The molecule has 0 bridgehead atoms. The molecule has 3 amide bonds. The summed E-state index contributed by atoms with van der Waals surface area (Å²) in [7, 11) is 0. The fourth-order valence-electron chi connectivity index (χ4n) is 4.21. The van der Waals surface area contributed by atoms with Crippen LogP contribution in [0.2, 0.25) is 0 Å². The van der Waals surface area contributed by atoms with Crippen molar-refractivity contribution < 1.29 is 57.0 Å². The van der Waals surface area contributed by atoms with Crippen LogP contribution in [-0.4, -0.2) is 92.7 Å². The van der Waals surface area contributed by atoms with Crippen LogP contribution in [0, 0.1) is 13.5 Å². The first-order chi connectivity index (χ1) is 19.5. The van der Waals surface area contributed by atoms with E-state index in [-0.39, 0.29) is 83.5 Å². The van der Waals surface area contributed by atoms with Crippen LogP contribution >= 0.6 is 11.3 Å². The van der Waals surface area contributed by atoms with Gasteiger partial charge in [0.25, 0.3) is 17.7 Å². The summed E-state index contributed by atoms with van der Waals surface area (Å²) >= 11 is 1.20. The number of nitrogens with zero attached hydrogens (tertiary/aromatic N) is 4. The summed E-state index contributed by atoms with van der Waals surface area (Å²) in [5.74, 6) is -1.86. The number of rotatable bonds is 7. The van der Waals surface area contributed by atoms with Gasteiger partial charge in [0.05, 0.1) is 12.3 Å². The van der Waals surface area contributed by atoms with E-state index < -0.39 is 17.6 Å². The molecule has 1 fully saturated rings. The molecule has 0 unspecified atom stereocenters. The minimum absolute atomic E-state index is 0. The standard InChI is InChI=1S/C26H23N6O5S.C2H6.CH3.Y/c33-13-8-28-23(35)19-15-38-24(30-19)21-20-17(6-7-27-21)18(14-29-20)22(34)26(37)32-11-9-31(10-12-32)25(36)16-4-2-1-3-5-16;1-2;;/h1-5,7,14-15,29,33H,8-13H2,(H,28,35);1-2H3;1H3;/q-1;;-1;. The van der Waals surface area contributed by atoms with Crippen molar-refractivity contribution in [3.63, 3.8) is 0 Å². The predicted molar refractivity (Wildman–Crippen MR) is 156 cm³/mol. The number of fused-ring (bicyclic) bond motifs is 1. The molecule has 0 aliphatic carbocycles. The molecule has 219 valence electrons. The molecule has 1 saturated heterocycles. The molecular formula is C29H32N6O5SY-2. The molecule has 0 spiro atoms. The van der Waals surface area contributed by atoms with Crippen LogP contribution < -0.4 is 5.32 Å². The van der Waals surface area contributed by atoms with Crippen LogP contribution in [0.3, 0.4) is 0 Å². The molecule has 1 radical (unpaired) electrons. The Morgan fingerprint density at radius 2 is 1.74 bits per heavy atom. The number of piperazine rings is 1. The van der Waals surface area contributed by atoms with Crippen molar-refractivity contribution in [3.8, 4) is 10.7 Å². The molecule has 0 atom stereocenters. The summed E-state index contributed by atoms with van der Waals surface area (Å²) in [6, 6.07) is 11.9. The molecule has 42 heavy (non-hydrogen) atoms. The molecule has 1 aromatic carbocycles. The van der Waals surface area contributed by atoms with E-state index in [9.17, 15) is 19.2 Å². The van der Waals surface area contributed by atoms with E-state index in [4.69, 9.17) is 5.11 Å². The number of amides is 3. The number of aliphatic hydroxyl groups is 1. The first-order valence-electron chi connectivity index (χ1n) is 12.9. The number of Topliss-reactive ketones (excluding diaryl/α,β-unsaturated/α-hetero) is 1. The van der Waals surface area contributed by atoms with Crippen LogP contribution in [0.1, 0.15) is 45.1 Å². The number of carbonyl (C=O) groups excluding carboxylic acids is 4. The van der Waals surface area contributed by atoms with Gasteiger partial charge in [0.1, 0.15) is 10.7 Å². The fourth-order valence-corrected chi connectivity index (χ4v) is 5.01. The number of aromatic amines is 1. The summed E-state index contributed by atoms with van der Waals surface area (Å²) < 4.78 is 0. The zero-order chi connectivity index (χ0) is 28.6. The minimum Gasteiger partial charge on any atom is -0.421 e. The molecule has 4 heterocycles. The van der Waals surface area contributed by atoms with Gasteiger partial charge in [-0.25, -0.2) is 4.98 Å². The topological polar surface area (TPSA) is 149 Å². The number of nitrogens with one attached hydrogen (secondary N) is 2. The minimum atomic E-state index is -0.685. The molecule has 13 heteroatoms. The predicted octanol–water partition coefficient (Wildman–Crippen LogP) is 2.85. The Balaban J connectivity index is 0.00000151. The van der Waals surface area contributed by atoms with Gasteiger partial charge in [0.2, 0.25) is 0 Å². The maximum Gasteiger partial charge on any atom is 0.282 e. The van der Waals surface area contributed by atoms with Gasteiger partial charge in [-0.15, -0.1) is 11.3 Å². The molecule has 3 N–H and O–H groups in total. The number of ketones is 1. The average Bonchev–Trinajstić information content (AvgIpc) is 3.68. The number of carbonyl (C=O) groups is 4. The Kier molecular flexibility index (Phi) is 13.6. The third-order valence-electron chi connectivity index (χ3n) is 6.17. The van der Waals surface area contributed by atoms with Crippen molar-refractivity contribution in [1.29, 1.82) is 0 Å². The van der Waals surface area contributed by atoms with Gasteiger partial charge >= 0.3 is 0 Å². The van der Waals surface area contributed by atoms with Crippen molar-refractivity contribution in [2.24, 2.45) is 0 Å².